The molecule has 1 fully saturated rings. The number of carbonyl (C=O) groups is 1. The molecule has 0 aromatic heterocycles. The van der Waals surface area contributed by atoms with Gasteiger partial charge < -0.3 is 28.7 Å². The molecule has 294 valence electrons. The molecule has 2 aliphatic rings. The van der Waals surface area contributed by atoms with Crippen LogP contribution in [-0.4, -0.2) is 127 Å². The first-order chi connectivity index (χ1) is 25.1. The zero-order chi connectivity index (χ0) is 39.2. The van der Waals surface area contributed by atoms with Crippen LogP contribution in [0.5, 0.6) is 17.2 Å². The van der Waals surface area contributed by atoms with E-state index in [1.807, 2.05) is 6.07 Å². The van der Waals surface area contributed by atoms with Crippen molar-refractivity contribution in [2.45, 2.75) is 30.1 Å². The minimum Gasteiger partial charge on any atom is -0.493 e. The molecule has 2 aliphatic heterocycles. The zero-order valence-corrected chi connectivity index (χ0v) is 33.7. The van der Waals surface area contributed by atoms with E-state index in [1.165, 1.54) is 56.3 Å². The van der Waals surface area contributed by atoms with Gasteiger partial charge in [0.05, 0.1) is 49.8 Å². The fourth-order valence-corrected chi connectivity index (χ4v) is 6.52. The molecule has 18 heteroatoms. The lowest BCUT2D eigenvalue weighted by Crippen LogP contribution is -2.47. The Bertz CT molecular complexity index is 1820. The van der Waals surface area contributed by atoms with Crippen molar-refractivity contribution in [3.8, 4) is 17.2 Å². The molecule has 0 atom stereocenters. The molecule has 0 radical (unpaired) electrons. The van der Waals surface area contributed by atoms with E-state index in [-0.39, 0.29) is 11.5 Å². The first kappa shape index (κ1) is 44.1. The standard InChI is InChI=1S/C31H36ClN3O5S.2C2H6O3S/c1-37-26-19-22(20-27(38-2)30(26)39-3)31(36)40-18-17-34-15-13-33(14-16-34)11-6-12-35-24-7-4-5-8-28(24)41-29-10-9-23(32)21-25(29)35;2*1-2-6(3,4)5/h4-5,7-10,19-21H,6,11-18H2,1-3H3;2*2H2,1H3,(H,3,4,5). The topological polar surface area (TPSA) is 172 Å². The summed E-state index contributed by atoms with van der Waals surface area (Å²) in [5.41, 5.74) is 2.80. The molecule has 0 spiro atoms. The summed E-state index contributed by atoms with van der Waals surface area (Å²) < 4.78 is 75.4. The monoisotopic (exact) mass is 817 g/mol. The lowest BCUT2D eigenvalue weighted by Gasteiger charge is -2.36. The number of ether oxygens (including phenoxy) is 4. The second-order valence-electron chi connectivity index (χ2n) is 11.7. The second kappa shape index (κ2) is 21.0. The number of rotatable bonds is 13. The van der Waals surface area contributed by atoms with Gasteiger partial charge in [-0.3, -0.25) is 14.0 Å². The van der Waals surface area contributed by atoms with Gasteiger partial charge >= 0.3 is 5.97 Å². The maximum absolute atomic E-state index is 12.7. The number of halogens is 1. The Morgan fingerprint density at radius 1 is 0.755 bits per heavy atom. The van der Waals surface area contributed by atoms with Crippen molar-refractivity contribution >= 4 is 60.9 Å². The smallest absolute Gasteiger partial charge is 0.338 e. The number of benzene rings is 3. The summed E-state index contributed by atoms with van der Waals surface area (Å²) in [6.45, 7) is 9.62. The van der Waals surface area contributed by atoms with E-state index >= 15 is 0 Å². The molecule has 1 saturated heterocycles. The van der Waals surface area contributed by atoms with E-state index in [0.717, 1.165) is 50.7 Å². The normalized spacial score (nSPS) is 14.4. The van der Waals surface area contributed by atoms with Crippen LogP contribution in [0, 0.1) is 0 Å². The van der Waals surface area contributed by atoms with E-state index < -0.39 is 26.2 Å². The average molecular weight is 818 g/mol. The number of esters is 1. The Morgan fingerprint density at radius 3 is 1.81 bits per heavy atom. The minimum atomic E-state index is -3.66. The van der Waals surface area contributed by atoms with Crippen LogP contribution >= 0.6 is 23.4 Å². The van der Waals surface area contributed by atoms with Crippen LogP contribution in [0.25, 0.3) is 0 Å². The van der Waals surface area contributed by atoms with Crippen LogP contribution in [0.3, 0.4) is 0 Å². The summed E-state index contributed by atoms with van der Waals surface area (Å²) in [7, 11) is -2.75. The predicted molar refractivity (Wildman–Crippen MR) is 207 cm³/mol. The lowest BCUT2D eigenvalue weighted by atomic mass is 10.2. The summed E-state index contributed by atoms with van der Waals surface area (Å²) in [5, 5.41) is 0.763. The van der Waals surface area contributed by atoms with Crippen LogP contribution in [0.2, 0.25) is 5.02 Å². The first-order valence-corrected chi connectivity index (χ1v) is 21.2. The fourth-order valence-electron chi connectivity index (χ4n) is 5.28. The number of hydrogen-bond acceptors (Lipinski definition) is 13. The van der Waals surface area contributed by atoms with Crippen molar-refractivity contribution in [2.24, 2.45) is 0 Å². The number of piperazine rings is 1. The molecular weight excluding hydrogens is 770 g/mol. The highest BCUT2D eigenvalue weighted by atomic mass is 35.5. The predicted octanol–water partition coefficient (Wildman–Crippen LogP) is 5.62. The summed E-state index contributed by atoms with van der Waals surface area (Å²) in [5.74, 6) is 0.472. The molecule has 0 amide bonds. The van der Waals surface area contributed by atoms with E-state index in [4.69, 9.17) is 39.7 Å². The Kier molecular flexibility index (Phi) is 17.5. The number of carbonyl (C=O) groups excluding carboxylic acids is 1. The van der Waals surface area contributed by atoms with Crippen molar-refractivity contribution in [1.29, 1.82) is 0 Å². The number of anilines is 2. The van der Waals surface area contributed by atoms with Gasteiger partial charge in [0.25, 0.3) is 20.2 Å². The third kappa shape index (κ3) is 14.1. The van der Waals surface area contributed by atoms with Gasteiger partial charge in [-0.1, -0.05) is 35.5 Å². The third-order valence-corrected chi connectivity index (χ3v) is 11.0. The van der Waals surface area contributed by atoms with Gasteiger partial charge in [-0.2, -0.15) is 16.8 Å². The van der Waals surface area contributed by atoms with Crippen LogP contribution in [0.15, 0.2) is 64.4 Å². The maximum atomic E-state index is 12.7. The highest BCUT2D eigenvalue weighted by molar-refractivity contribution is 7.99. The van der Waals surface area contributed by atoms with Crippen molar-refractivity contribution in [3.05, 3.63) is 65.2 Å². The van der Waals surface area contributed by atoms with Crippen LogP contribution < -0.4 is 19.1 Å². The third-order valence-electron chi connectivity index (χ3n) is 8.18. The number of nitrogens with zero attached hydrogens (tertiary/aromatic N) is 3. The molecule has 5 rings (SSSR count). The van der Waals surface area contributed by atoms with Gasteiger partial charge in [0.15, 0.2) is 11.5 Å². The summed E-state index contributed by atoms with van der Waals surface area (Å²) >= 11 is 8.17. The Morgan fingerprint density at radius 2 is 1.28 bits per heavy atom. The zero-order valence-electron chi connectivity index (χ0n) is 30.5. The molecule has 3 aromatic rings. The van der Waals surface area contributed by atoms with Crippen molar-refractivity contribution in [2.75, 3.05) is 90.2 Å². The summed E-state index contributed by atoms with van der Waals surface area (Å²) in [4.78, 5) is 22.5. The maximum Gasteiger partial charge on any atom is 0.338 e. The largest absolute Gasteiger partial charge is 0.493 e. The molecule has 3 aromatic carbocycles. The van der Waals surface area contributed by atoms with Gasteiger partial charge in [0.2, 0.25) is 5.75 Å². The lowest BCUT2D eigenvalue weighted by molar-refractivity contribution is 0.0422. The van der Waals surface area contributed by atoms with E-state index in [1.54, 1.807) is 23.9 Å². The van der Waals surface area contributed by atoms with E-state index in [9.17, 15) is 21.6 Å². The van der Waals surface area contributed by atoms with Gasteiger partial charge in [-0.25, -0.2) is 4.79 Å². The van der Waals surface area contributed by atoms with E-state index in [2.05, 4.69) is 51.1 Å². The summed E-state index contributed by atoms with van der Waals surface area (Å²) in [6.07, 6.45) is 1.05. The fraction of sp³-hybridized carbons (Fsp3) is 0.457. The van der Waals surface area contributed by atoms with Crippen molar-refractivity contribution < 1.29 is 49.7 Å². The van der Waals surface area contributed by atoms with Crippen LogP contribution in [0.4, 0.5) is 11.4 Å². The Balaban J connectivity index is 0.000000545. The highest BCUT2D eigenvalue weighted by Crippen LogP contribution is 2.48. The number of fused-ring (bicyclic) bond motifs is 2. The van der Waals surface area contributed by atoms with Gasteiger partial charge in [-0.15, -0.1) is 0 Å². The molecule has 14 nitrogen and oxygen atoms in total. The van der Waals surface area contributed by atoms with Crippen molar-refractivity contribution in [3.63, 3.8) is 0 Å². The molecule has 0 saturated carbocycles. The van der Waals surface area contributed by atoms with Crippen LogP contribution in [0.1, 0.15) is 30.6 Å². The second-order valence-corrected chi connectivity index (χ2v) is 16.7. The average Bonchev–Trinajstić information content (AvgIpc) is 3.14. The van der Waals surface area contributed by atoms with Gasteiger partial charge in [-0.05, 0) is 69.3 Å². The Labute approximate surface area is 321 Å². The minimum absolute atomic E-state index is 0.201. The molecule has 0 bridgehead atoms. The van der Waals surface area contributed by atoms with E-state index in [0.29, 0.717) is 36.0 Å². The molecule has 0 unspecified atom stereocenters. The highest BCUT2D eigenvalue weighted by Gasteiger charge is 2.24. The molecule has 2 N–H and O–H groups in total. The molecule has 53 heavy (non-hydrogen) atoms. The summed E-state index contributed by atoms with van der Waals surface area (Å²) in [6, 6.07) is 18.0. The molecule has 2 heterocycles. The number of hydrogen-bond donors (Lipinski definition) is 2. The number of methoxy groups -OCH3 is 3. The van der Waals surface area contributed by atoms with Crippen molar-refractivity contribution in [1.82, 2.24) is 9.80 Å². The van der Waals surface area contributed by atoms with Gasteiger partial charge in [0, 0.05) is 54.1 Å². The Hall–Kier alpha value is -3.29. The van der Waals surface area contributed by atoms with Gasteiger partial charge in [0.1, 0.15) is 6.61 Å². The quantitative estimate of drug-likeness (QED) is 0.161. The molecule has 0 aliphatic carbocycles. The number of para-hydroxylation sites is 1. The SMILES string of the molecule is CCS(=O)(=O)O.CCS(=O)(=O)O.COc1cc(C(=O)OCCN2CCN(CCCN3c4ccccc4Sc4ccc(Cl)cc43)CC2)cc(OC)c1OC. The molecular formula is C35H48ClN3O11S3. The first-order valence-electron chi connectivity index (χ1n) is 16.8. The van der Waals surface area contributed by atoms with Crippen LogP contribution in [-0.2, 0) is 25.0 Å².